The Morgan fingerprint density at radius 2 is 1.92 bits per heavy atom. The summed E-state index contributed by atoms with van der Waals surface area (Å²) in [5.74, 6) is 0.825. The minimum Gasteiger partial charge on any atom is -0.494 e. The number of amides is 1. The number of hydrogen-bond donors (Lipinski definition) is 1. The Labute approximate surface area is 141 Å². The highest BCUT2D eigenvalue weighted by Crippen LogP contribution is 2.14. The van der Waals surface area contributed by atoms with Gasteiger partial charge in [-0.2, -0.15) is 0 Å². The number of aryl methyl sites for hydroxylation is 1. The zero-order valence-electron chi connectivity index (χ0n) is 14.0. The molecule has 2 aromatic carbocycles. The summed E-state index contributed by atoms with van der Waals surface area (Å²) in [6.07, 6.45) is 2.15. The molecule has 0 fully saturated rings. The van der Waals surface area contributed by atoms with Crippen LogP contribution in [0.15, 0.2) is 48.8 Å². The highest BCUT2D eigenvalue weighted by atomic mass is 16.5. The number of benzene rings is 2. The molecule has 0 saturated heterocycles. The number of nitrogens with zero attached hydrogens (tertiary/aromatic N) is 2. The third-order valence-electron chi connectivity index (χ3n) is 3.88. The zero-order valence-corrected chi connectivity index (χ0v) is 14.0. The van der Waals surface area contributed by atoms with Crippen molar-refractivity contribution in [3.8, 4) is 5.75 Å². The van der Waals surface area contributed by atoms with Crippen LogP contribution < -0.4 is 10.1 Å². The number of fused-ring (bicyclic) bond motifs is 1. The molecule has 0 unspecified atom stereocenters. The highest BCUT2D eigenvalue weighted by Gasteiger charge is 2.05. The maximum atomic E-state index is 12.1. The van der Waals surface area contributed by atoms with E-state index in [1.807, 2.05) is 61.0 Å². The Balaban J connectivity index is 1.56. The molecule has 24 heavy (non-hydrogen) atoms. The fraction of sp³-hybridized carbons (Fsp3) is 0.263. The summed E-state index contributed by atoms with van der Waals surface area (Å²) < 4.78 is 7.38. The summed E-state index contributed by atoms with van der Waals surface area (Å²) in [4.78, 5) is 16.4. The predicted octanol–water partition coefficient (Wildman–Crippen LogP) is 2.83. The normalized spacial score (nSPS) is 10.8. The van der Waals surface area contributed by atoms with E-state index >= 15 is 0 Å². The summed E-state index contributed by atoms with van der Waals surface area (Å²) in [5, 5.41) is 2.95. The van der Waals surface area contributed by atoms with E-state index in [-0.39, 0.29) is 5.91 Å². The van der Waals surface area contributed by atoms with Crippen molar-refractivity contribution in [1.29, 1.82) is 0 Å². The van der Waals surface area contributed by atoms with Crippen LogP contribution in [0, 0.1) is 0 Å². The van der Waals surface area contributed by atoms with Gasteiger partial charge in [0.15, 0.2) is 0 Å². The molecule has 0 aliphatic rings. The Bertz CT molecular complexity index is 837. The van der Waals surface area contributed by atoms with E-state index in [2.05, 4.69) is 10.3 Å². The maximum absolute atomic E-state index is 12.1. The third kappa shape index (κ3) is 3.74. The number of imidazole rings is 1. The Morgan fingerprint density at radius 1 is 1.17 bits per heavy atom. The van der Waals surface area contributed by atoms with Crippen molar-refractivity contribution >= 4 is 16.9 Å². The van der Waals surface area contributed by atoms with Gasteiger partial charge in [-0.15, -0.1) is 0 Å². The first-order chi connectivity index (χ1) is 11.7. The summed E-state index contributed by atoms with van der Waals surface area (Å²) in [6, 6.07) is 13.7. The van der Waals surface area contributed by atoms with Gasteiger partial charge in [-0.25, -0.2) is 4.98 Å². The summed E-state index contributed by atoms with van der Waals surface area (Å²) in [7, 11) is 1.97. The van der Waals surface area contributed by atoms with Gasteiger partial charge in [-0.1, -0.05) is 18.2 Å². The van der Waals surface area contributed by atoms with Gasteiger partial charge < -0.3 is 14.6 Å². The largest absolute Gasteiger partial charge is 0.494 e. The average molecular weight is 323 g/mol. The molecule has 0 aliphatic heterocycles. The molecule has 1 N–H and O–H groups in total. The molecule has 3 rings (SSSR count). The summed E-state index contributed by atoms with van der Waals surface area (Å²) >= 11 is 0. The number of nitrogens with one attached hydrogen (secondary N) is 1. The minimum atomic E-state index is 0.000257. The molecule has 0 spiro atoms. The smallest absolute Gasteiger partial charge is 0.224 e. The van der Waals surface area contributed by atoms with E-state index in [0.717, 1.165) is 27.9 Å². The molecule has 3 aromatic rings. The van der Waals surface area contributed by atoms with Gasteiger partial charge >= 0.3 is 0 Å². The molecule has 0 aliphatic carbocycles. The Kier molecular flexibility index (Phi) is 4.79. The van der Waals surface area contributed by atoms with E-state index in [0.29, 0.717) is 19.6 Å². The topological polar surface area (TPSA) is 56.1 Å². The molecule has 0 bridgehead atoms. The molecule has 0 atom stereocenters. The van der Waals surface area contributed by atoms with Gasteiger partial charge in [0, 0.05) is 13.6 Å². The van der Waals surface area contributed by atoms with E-state index < -0.39 is 0 Å². The fourth-order valence-corrected chi connectivity index (χ4v) is 2.61. The van der Waals surface area contributed by atoms with E-state index in [4.69, 9.17) is 4.74 Å². The van der Waals surface area contributed by atoms with Crippen molar-refractivity contribution < 1.29 is 9.53 Å². The van der Waals surface area contributed by atoms with Crippen LogP contribution in [0.5, 0.6) is 5.75 Å². The van der Waals surface area contributed by atoms with Gasteiger partial charge in [-0.05, 0) is 42.3 Å². The second-order valence-corrected chi connectivity index (χ2v) is 5.71. The van der Waals surface area contributed by atoms with Crippen LogP contribution in [0.4, 0.5) is 0 Å². The van der Waals surface area contributed by atoms with Crippen molar-refractivity contribution in [3.05, 3.63) is 59.9 Å². The molecular formula is C19H21N3O2. The lowest BCUT2D eigenvalue weighted by Crippen LogP contribution is -2.24. The van der Waals surface area contributed by atoms with Crippen molar-refractivity contribution in [2.24, 2.45) is 7.05 Å². The van der Waals surface area contributed by atoms with Gasteiger partial charge in [0.1, 0.15) is 5.75 Å². The lowest BCUT2D eigenvalue weighted by molar-refractivity contribution is -0.120. The lowest BCUT2D eigenvalue weighted by Gasteiger charge is -2.07. The molecule has 5 nitrogen and oxygen atoms in total. The van der Waals surface area contributed by atoms with Crippen LogP contribution in [0.3, 0.4) is 0 Å². The number of hydrogen-bond acceptors (Lipinski definition) is 3. The molecule has 1 aromatic heterocycles. The molecule has 5 heteroatoms. The van der Waals surface area contributed by atoms with Gasteiger partial charge in [0.05, 0.1) is 30.4 Å². The van der Waals surface area contributed by atoms with Crippen LogP contribution in [0.2, 0.25) is 0 Å². The Morgan fingerprint density at radius 3 is 2.67 bits per heavy atom. The van der Waals surface area contributed by atoms with Crippen LogP contribution >= 0.6 is 0 Å². The SMILES string of the molecule is CCOc1ccc(CC(=O)NCc2ccc3c(c2)ncn3C)cc1. The molecular weight excluding hydrogens is 302 g/mol. The lowest BCUT2D eigenvalue weighted by atomic mass is 10.1. The minimum absolute atomic E-state index is 0.000257. The summed E-state index contributed by atoms with van der Waals surface area (Å²) in [5.41, 5.74) is 4.03. The maximum Gasteiger partial charge on any atom is 0.224 e. The van der Waals surface area contributed by atoms with Crippen molar-refractivity contribution in [2.45, 2.75) is 19.9 Å². The number of rotatable bonds is 6. The quantitative estimate of drug-likeness (QED) is 0.759. The predicted molar refractivity (Wildman–Crippen MR) is 93.9 cm³/mol. The molecule has 1 amide bonds. The van der Waals surface area contributed by atoms with Crippen molar-refractivity contribution in [3.63, 3.8) is 0 Å². The second-order valence-electron chi connectivity index (χ2n) is 5.71. The summed E-state index contributed by atoms with van der Waals surface area (Å²) in [6.45, 7) is 3.09. The first kappa shape index (κ1) is 16.1. The van der Waals surface area contributed by atoms with Crippen LogP contribution in [-0.4, -0.2) is 22.1 Å². The van der Waals surface area contributed by atoms with Crippen LogP contribution in [0.25, 0.3) is 11.0 Å². The number of carbonyl (C=O) groups is 1. The molecule has 0 radical (unpaired) electrons. The number of ether oxygens (including phenoxy) is 1. The van der Waals surface area contributed by atoms with E-state index in [9.17, 15) is 4.79 Å². The van der Waals surface area contributed by atoms with Crippen LogP contribution in [0.1, 0.15) is 18.1 Å². The monoisotopic (exact) mass is 323 g/mol. The molecule has 1 heterocycles. The standard InChI is InChI=1S/C19H21N3O2/c1-3-24-16-7-4-14(5-8-16)11-19(23)20-12-15-6-9-18-17(10-15)21-13-22(18)2/h4-10,13H,3,11-12H2,1-2H3,(H,20,23). The van der Waals surface area contributed by atoms with Crippen LogP contribution in [-0.2, 0) is 24.8 Å². The highest BCUT2D eigenvalue weighted by molar-refractivity contribution is 5.79. The molecule has 124 valence electrons. The first-order valence-corrected chi connectivity index (χ1v) is 8.04. The first-order valence-electron chi connectivity index (χ1n) is 8.04. The van der Waals surface area contributed by atoms with Gasteiger partial charge in [-0.3, -0.25) is 4.79 Å². The number of aromatic nitrogens is 2. The fourth-order valence-electron chi connectivity index (χ4n) is 2.61. The van der Waals surface area contributed by atoms with Crippen molar-refractivity contribution in [1.82, 2.24) is 14.9 Å². The average Bonchev–Trinajstić information content (AvgIpc) is 2.96. The Hall–Kier alpha value is -2.82. The zero-order chi connectivity index (χ0) is 16.9. The van der Waals surface area contributed by atoms with E-state index in [1.165, 1.54) is 0 Å². The van der Waals surface area contributed by atoms with Gasteiger partial charge in [0.2, 0.25) is 5.91 Å². The second kappa shape index (κ2) is 7.17. The molecule has 0 saturated carbocycles. The van der Waals surface area contributed by atoms with Crippen molar-refractivity contribution in [2.75, 3.05) is 6.61 Å². The number of carbonyl (C=O) groups excluding carboxylic acids is 1. The third-order valence-corrected chi connectivity index (χ3v) is 3.88. The van der Waals surface area contributed by atoms with E-state index in [1.54, 1.807) is 6.33 Å². The van der Waals surface area contributed by atoms with Gasteiger partial charge in [0.25, 0.3) is 0 Å².